The van der Waals surface area contributed by atoms with E-state index in [1.165, 1.54) is 33.4 Å². The quantitative estimate of drug-likeness (QED) is 0.0226. The maximum atomic E-state index is 8.36. The average molecular weight is 891 g/mol. The molecule has 4 aromatic rings. The highest BCUT2D eigenvalue weighted by Gasteiger charge is 2.45. The van der Waals surface area contributed by atoms with E-state index in [2.05, 4.69) is 121 Å². The van der Waals surface area contributed by atoms with Crippen LogP contribution in [0.3, 0.4) is 0 Å². The molecule has 0 heterocycles. The molecule has 0 fully saturated rings. The molecule has 0 radical (unpaired) electrons. The average Bonchev–Trinajstić information content (AvgIpc) is 3.62. The number of rotatable bonds is 22. The molecular formula is C50H70N2O12. The molecule has 0 saturated carbocycles. The predicted molar refractivity (Wildman–Crippen MR) is 254 cm³/mol. The molecule has 0 amide bonds. The maximum Gasteiger partial charge on any atom is 0.290 e. The Kier molecular flexibility index (Phi) is 37.1. The van der Waals surface area contributed by atoms with E-state index in [0.717, 1.165) is 82.0 Å². The molecule has 0 aromatic heterocycles. The van der Waals surface area contributed by atoms with Gasteiger partial charge in [-0.25, -0.2) is 0 Å². The van der Waals surface area contributed by atoms with Gasteiger partial charge in [0, 0.05) is 33.3 Å². The summed E-state index contributed by atoms with van der Waals surface area (Å²) in [5, 5.41) is 34.4. The number of aliphatic hydroxyl groups is 1. The van der Waals surface area contributed by atoms with Crippen molar-refractivity contribution in [1.82, 2.24) is 10.6 Å². The first-order valence-corrected chi connectivity index (χ1v) is 20.7. The molecule has 6 N–H and O–H groups in total. The minimum atomic E-state index is -0.471. The summed E-state index contributed by atoms with van der Waals surface area (Å²) in [6.45, 7) is 24.2. The van der Waals surface area contributed by atoms with E-state index >= 15 is 0 Å². The lowest BCUT2D eigenvalue weighted by Crippen LogP contribution is -2.28. The smallest absolute Gasteiger partial charge is 0.290 e. The molecule has 0 atom stereocenters. The first-order chi connectivity index (χ1) is 31.2. The number of carboxylic acid groups (broad SMARTS) is 3. The first kappa shape index (κ1) is 59.9. The minimum absolute atomic E-state index is 0.250. The van der Waals surface area contributed by atoms with Crippen molar-refractivity contribution in [3.63, 3.8) is 0 Å². The number of aliphatic hydroxyl groups excluding tert-OH is 1. The summed E-state index contributed by atoms with van der Waals surface area (Å²) in [4.78, 5) is 33.1. The third-order valence-electron chi connectivity index (χ3n) is 8.81. The second-order valence-corrected chi connectivity index (χ2v) is 13.0. The number of benzene rings is 4. The van der Waals surface area contributed by atoms with E-state index in [4.69, 9.17) is 58.6 Å². The summed E-state index contributed by atoms with van der Waals surface area (Å²) in [6.07, 6.45) is 1.81. The van der Waals surface area contributed by atoms with Gasteiger partial charge < -0.3 is 54.8 Å². The van der Waals surface area contributed by atoms with Crippen LogP contribution >= 0.6 is 0 Å². The fourth-order valence-corrected chi connectivity index (χ4v) is 6.34. The van der Waals surface area contributed by atoms with Crippen molar-refractivity contribution in [3.8, 4) is 22.6 Å². The first-order valence-electron chi connectivity index (χ1n) is 20.7. The lowest BCUT2D eigenvalue weighted by molar-refractivity contribution is -0.123. The second-order valence-electron chi connectivity index (χ2n) is 13.0. The molecule has 0 saturated heterocycles. The molecule has 352 valence electrons. The van der Waals surface area contributed by atoms with Gasteiger partial charge in [0.25, 0.3) is 19.4 Å². The van der Waals surface area contributed by atoms with E-state index < -0.39 is 5.41 Å². The van der Waals surface area contributed by atoms with Crippen molar-refractivity contribution in [1.29, 1.82) is 0 Å². The number of ether oxygens (including phenoxy) is 4. The Labute approximate surface area is 379 Å². The van der Waals surface area contributed by atoms with Crippen LogP contribution in [0.5, 0.6) is 11.5 Å². The number of hydrogen-bond acceptors (Lipinski definition) is 11. The number of carbonyl (C=O) groups is 4. The van der Waals surface area contributed by atoms with Gasteiger partial charge in [-0.05, 0) is 84.3 Å². The van der Waals surface area contributed by atoms with Crippen molar-refractivity contribution in [2.75, 3.05) is 72.9 Å². The molecule has 64 heavy (non-hydrogen) atoms. The van der Waals surface area contributed by atoms with E-state index in [-0.39, 0.29) is 19.4 Å². The highest BCUT2D eigenvalue weighted by molar-refractivity contribution is 5.86. The van der Waals surface area contributed by atoms with Gasteiger partial charge >= 0.3 is 0 Å². The number of fused-ring (bicyclic) bond motifs is 3. The van der Waals surface area contributed by atoms with Crippen LogP contribution in [0.1, 0.15) is 62.8 Å². The fourth-order valence-electron chi connectivity index (χ4n) is 6.34. The highest BCUT2D eigenvalue weighted by Crippen LogP contribution is 2.56. The predicted octanol–water partition coefficient (Wildman–Crippen LogP) is 7.50. The second kappa shape index (κ2) is 39.7. The molecule has 14 nitrogen and oxygen atoms in total. The van der Waals surface area contributed by atoms with Gasteiger partial charge in [0.2, 0.25) is 0 Å². The minimum Gasteiger partial charge on any atom is -0.492 e. The standard InChI is InChI=1S/C43H52N2O4.C2H6.3CH2O2.CH4O.CH2O/c1-33(2)21-27-46-29-23-44-25-31-48-37-17-13-35(14-18-37)43(41-11-7-5-9-39(41)40-10-6-8-12-42(40)43)36-15-19-38(20-16-36)49-32-26-45-24-30-47-28-22-34(3)4;1-2;3*2-1-3;2*1-2/h5-20,44-45H,1,3,21-32H2,2,4H3;1-2H3;3*1H,(H,2,3);2H,1H3;1H2. The lowest BCUT2D eigenvalue weighted by atomic mass is 9.68. The molecule has 1 aliphatic carbocycles. The van der Waals surface area contributed by atoms with Crippen molar-refractivity contribution in [3.05, 3.63) is 144 Å². The monoisotopic (exact) mass is 890 g/mol. The van der Waals surface area contributed by atoms with Crippen molar-refractivity contribution < 1.29 is 58.6 Å². The highest BCUT2D eigenvalue weighted by atomic mass is 16.5. The zero-order valence-electron chi connectivity index (χ0n) is 38.1. The van der Waals surface area contributed by atoms with Crippen LogP contribution in [0.4, 0.5) is 0 Å². The van der Waals surface area contributed by atoms with Crippen LogP contribution < -0.4 is 20.1 Å². The fraction of sp³-hybridized carbons (Fsp3) is 0.360. The topological polar surface area (TPSA) is 210 Å². The van der Waals surface area contributed by atoms with E-state index in [0.29, 0.717) is 26.4 Å². The molecule has 0 aliphatic heterocycles. The van der Waals surface area contributed by atoms with Gasteiger partial charge in [0.1, 0.15) is 31.5 Å². The van der Waals surface area contributed by atoms with Gasteiger partial charge in [0.05, 0.1) is 31.8 Å². The van der Waals surface area contributed by atoms with Crippen molar-refractivity contribution in [2.45, 2.75) is 46.0 Å². The Bertz CT molecular complexity index is 1680. The van der Waals surface area contributed by atoms with Crippen LogP contribution in [-0.2, 0) is 34.1 Å². The third kappa shape index (κ3) is 21.8. The molecule has 0 spiro atoms. The van der Waals surface area contributed by atoms with E-state index in [1.54, 1.807) is 0 Å². The van der Waals surface area contributed by atoms with Gasteiger partial charge in [-0.3, -0.25) is 14.4 Å². The molecule has 0 bridgehead atoms. The van der Waals surface area contributed by atoms with E-state index in [9.17, 15) is 0 Å². The van der Waals surface area contributed by atoms with Gasteiger partial charge in [-0.15, -0.1) is 13.2 Å². The molecular weight excluding hydrogens is 821 g/mol. The van der Waals surface area contributed by atoms with E-state index in [1.807, 2.05) is 34.5 Å². The summed E-state index contributed by atoms with van der Waals surface area (Å²) in [7, 11) is 1.00. The normalized spacial score (nSPS) is 10.5. The molecule has 0 unspecified atom stereocenters. The zero-order chi connectivity index (χ0) is 48.4. The van der Waals surface area contributed by atoms with Crippen LogP contribution in [0, 0.1) is 0 Å². The Morgan fingerprint density at radius 1 is 0.531 bits per heavy atom. The molecule has 4 aromatic carbocycles. The van der Waals surface area contributed by atoms with Crippen LogP contribution in [0.15, 0.2) is 121 Å². The molecule has 5 rings (SSSR count). The number of carbonyl (C=O) groups excluding carboxylic acids is 1. The SMILES string of the molecule is C=C(C)CCOCCNCCOc1ccc(C2(c3ccc(OCCNCCOCCC(=C)C)cc3)c3ccccc3-c3ccccc32)cc1.C=O.CC.CO.O=CO.O=CO.O=CO. The van der Waals surface area contributed by atoms with Gasteiger partial charge in [-0.1, -0.05) is 97.8 Å². The van der Waals surface area contributed by atoms with Crippen molar-refractivity contribution >= 4 is 26.2 Å². The molecule has 1 aliphatic rings. The number of nitrogens with one attached hydrogen (secondary N) is 2. The van der Waals surface area contributed by atoms with Crippen molar-refractivity contribution in [2.24, 2.45) is 0 Å². The van der Waals surface area contributed by atoms with Crippen LogP contribution in [-0.4, -0.2) is 120 Å². The van der Waals surface area contributed by atoms with Crippen LogP contribution in [0.2, 0.25) is 0 Å². The Morgan fingerprint density at radius 3 is 1.14 bits per heavy atom. The molecule has 14 heteroatoms. The maximum absolute atomic E-state index is 8.36. The van der Waals surface area contributed by atoms with Gasteiger partial charge in [0.15, 0.2) is 0 Å². The summed E-state index contributed by atoms with van der Waals surface area (Å²) < 4.78 is 23.5. The summed E-state index contributed by atoms with van der Waals surface area (Å²) in [5.74, 6) is 1.71. The Morgan fingerprint density at radius 2 is 0.828 bits per heavy atom. The third-order valence-corrected chi connectivity index (χ3v) is 8.81. The Hall–Kier alpha value is -6.16. The summed E-state index contributed by atoms with van der Waals surface area (Å²) in [5.41, 5.74) is 9.32. The number of hydrogen-bond donors (Lipinski definition) is 6. The van der Waals surface area contributed by atoms with Gasteiger partial charge in [-0.2, -0.15) is 0 Å². The summed E-state index contributed by atoms with van der Waals surface area (Å²) in [6, 6.07) is 34.8. The zero-order valence-corrected chi connectivity index (χ0v) is 38.1. The lowest BCUT2D eigenvalue weighted by Gasteiger charge is -2.34. The largest absolute Gasteiger partial charge is 0.492 e. The Balaban J connectivity index is 0. The van der Waals surface area contributed by atoms with Crippen LogP contribution in [0.25, 0.3) is 11.1 Å². The summed E-state index contributed by atoms with van der Waals surface area (Å²) >= 11 is 0.